The van der Waals surface area contributed by atoms with Crippen LogP contribution in [0.5, 0.6) is 5.75 Å². The van der Waals surface area contributed by atoms with Crippen LogP contribution in [0.3, 0.4) is 0 Å². The van der Waals surface area contributed by atoms with Crippen molar-refractivity contribution in [3.05, 3.63) is 76.5 Å². The van der Waals surface area contributed by atoms with Crippen LogP contribution in [0.25, 0.3) is 17.0 Å². The van der Waals surface area contributed by atoms with E-state index in [0.29, 0.717) is 43.2 Å². The molecule has 2 aromatic carbocycles. The first kappa shape index (κ1) is 25.0. The average Bonchev–Trinajstić information content (AvgIpc) is 3.27. The van der Waals surface area contributed by atoms with Crippen molar-refractivity contribution in [3.8, 4) is 5.75 Å². The molecule has 0 saturated carbocycles. The van der Waals surface area contributed by atoms with Gasteiger partial charge in [0.05, 0.1) is 17.6 Å². The van der Waals surface area contributed by atoms with Crippen LogP contribution in [0, 0.1) is 11.6 Å². The van der Waals surface area contributed by atoms with Crippen molar-refractivity contribution >= 4 is 34.5 Å². The smallest absolute Gasteiger partial charge is 0.325 e. The summed E-state index contributed by atoms with van der Waals surface area (Å²) in [7, 11) is 1.59. The molecule has 1 aliphatic rings. The van der Waals surface area contributed by atoms with E-state index >= 15 is 0 Å². The van der Waals surface area contributed by atoms with E-state index in [9.17, 15) is 18.7 Å². The second-order valence-electron chi connectivity index (χ2n) is 8.59. The molecule has 2 N–H and O–H groups in total. The lowest BCUT2D eigenvalue weighted by atomic mass is 9.98. The molecule has 9 heteroatoms. The maximum Gasteiger partial charge on any atom is 0.325 e. The van der Waals surface area contributed by atoms with Gasteiger partial charge in [0.15, 0.2) is 0 Å². The van der Waals surface area contributed by atoms with Gasteiger partial charge < -0.3 is 15.2 Å². The quantitative estimate of drug-likeness (QED) is 0.448. The molecule has 1 atom stereocenters. The third-order valence-electron chi connectivity index (χ3n) is 6.35. The number of carbonyl (C=O) groups is 1. The van der Waals surface area contributed by atoms with Crippen LogP contribution in [0.4, 0.5) is 8.78 Å². The Kier molecular flexibility index (Phi) is 7.64. The molecule has 4 rings (SSSR count). The predicted octanol–water partition coefficient (Wildman–Crippen LogP) is 4.55. The Balaban J connectivity index is 1.41. The number of hydrogen-bond donors (Lipinski definition) is 2. The van der Waals surface area contributed by atoms with Crippen molar-refractivity contribution in [2.45, 2.75) is 18.4 Å². The van der Waals surface area contributed by atoms with Crippen molar-refractivity contribution in [1.82, 2.24) is 15.2 Å². The van der Waals surface area contributed by atoms with Crippen LogP contribution >= 0.6 is 11.6 Å². The SMILES string of the molecule is COc1ccc2ncc(Cl)c(CCN[C@@]3(C(=O)O)CCN(C/C=C/c4cc(F)ccc4F)C3)c2c1. The fraction of sp³-hybridized carbons (Fsp3) is 0.308. The van der Waals surface area contributed by atoms with E-state index in [4.69, 9.17) is 16.3 Å². The first-order valence-corrected chi connectivity index (χ1v) is 11.6. The first-order chi connectivity index (χ1) is 16.8. The van der Waals surface area contributed by atoms with Crippen molar-refractivity contribution in [2.75, 3.05) is 33.3 Å². The predicted molar refractivity (Wildman–Crippen MR) is 132 cm³/mol. The highest BCUT2D eigenvalue weighted by Gasteiger charge is 2.44. The van der Waals surface area contributed by atoms with Crippen LogP contribution < -0.4 is 10.1 Å². The third kappa shape index (κ3) is 5.61. The normalized spacial score (nSPS) is 18.5. The van der Waals surface area contributed by atoms with Gasteiger partial charge in [0.2, 0.25) is 0 Å². The molecule has 1 fully saturated rings. The van der Waals surface area contributed by atoms with Gasteiger partial charge in [-0.1, -0.05) is 23.8 Å². The minimum absolute atomic E-state index is 0.157. The van der Waals surface area contributed by atoms with Gasteiger partial charge in [-0.15, -0.1) is 0 Å². The van der Waals surface area contributed by atoms with E-state index in [0.717, 1.165) is 34.7 Å². The molecule has 35 heavy (non-hydrogen) atoms. The molecule has 1 aromatic heterocycles. The second-order valence-corrected chi connectivity index (χ2v) is 8.99. The molecule has 1 saturated heterocycles. The molecule has 0 amide bonds. The molecular weight excluding hydrogens is 476 g/mol. The van der Waals surface area contributed by atoms with E-state index in [2.05, 4.69) is 10.3 Å². The van der Waals surface area contributed by atoms with E-state index in [-0.39, 0.29) is 12.1 Å². The summed E-state index contributed by atoms with van der Waals surface area (Å²) in [6.45, 7) is 1.68. The molecule has 0 radical (unpaired) electrons. The first-order valence-electron chi connectivity index (χ1n) is 11.2. The molecule has 0 unspecified atom stereocenters. The monoisotopic (exact) mass is 501 g/mol. The summed E-state index contributed by atoms with van der Waals surface area (Å²) in [4.78, 5) is 18.5. The summed E-state index contributed by atoms with van der Waals surface area (Å²) < 4.78 is 32.5. The van der Waals surface area contributed by atoms with Gasteiger partial charge in [-0.3, -0.25) is 14.7 Å². The van der Waals surface area contributed by atoms with Crippen LogP contribution in [-0.4, -0.2) is 59.8 Å². The van der Waals surface area contributed by atoms with Crippen LogP contribution in [0.2, 0.25) is 5.02 Å². The zero-order chi connectivity index (χ0) is 25.0. The van der Waals surface area contributed by atoms with Crippen molar-refractivity contribution in [1.29, 1.82) is 0 Å². The summed E-state index contributed by atoms with van der Waals surface area (Å²) in [6, 6.07) is 8.84. The highest BCUT2D eigenvalue weighted by Crippen LogP contribution is 2.29. The molecule has 1 aliphatic heterocycles. The number of rotatable bonds is 9. The standard InChI is InChI=1S/C26H26ClF2N3O3/c1-35-19-5-7-24-21(14-19)20(22(27)15-30-24)8-10-31-26(25(33)34)9-12-32(16-26)11-2-3-17-13-18(28)4-6-23(17)29/h2-7,13-15,31H,8-12,16H2,1H3,(H,33,34)/b3-2+/t26-/m0/s1. The number of carboxylic acids is 1. The van der Waals surface area contributed by atoms with E-state index < -0.39 is 23.1 Å². The number of pyridine rings is 1. The molecule has 0 bridgehead atoms. The number of hydrogen-bond acceptors (Lipinski definition) is 5. The molecule has 0 aliphatic carbocycles. The van der Waals surface area contributed by atoms with Crippen molar-refractivity contribution < 1.29 is 23.4 Å². The molecule has 3 aromatic rings. The fourth-order valence-electron chi connectivity index (χ4n) is 4.42. The molecular formula is C26H26ClF2N3O3. The Morgan fingerprint density at radius 3 is 2.91 bits per heavy atom. The number of fused-ring (bicyclic) bond motifs is 1. The summed E-state index contributed by atoms with van der Waals surface area (Å²) in [6.07, 6.45) is 5.76. The maximum atomic E-state index is 13.8. The average molecular weight is 502 g/mol. The topological polar surface area (TPSA) is 74.7 Å². The Morgan fingerprint density at radius 1 is 1.31 bits per heavy atom. The van der Waals surface area contributed by atoms with Gasteiger partial charge >= 0.3 is 5.97 Å². The highest BCUT2D eigenvalue weighted by atomic mass is 35.5. The highest BCUT2D eigenvalue weighted by molar-refractivity contribution is 6.32. The van der Waals surface area contributed by atoms with Gasteiger partial charge in [-0.25, -0.2) is 8.78 Å². The number of benzene rings is 2. The second kappa shape index (κ2) is 10.7. The van der Waals surface area contributed by atoms with E-state index in [1.54, 1.807) is 19.4 Å². The van der Waals surface area contributed by atoms with Gasteiger partial charge in [-0.2, -0.15) is 0 Å². The van der Waals surface area contributed by atoms with E-state index in [1.165, 1.54) is 6.08 Å². The number of halogens is 3. The number of likely N-dealkylation sites (tertiary alicyclic amines) is 1. The van der Waals surface area contributed by atoms with Gasteiger partial charge in [0.1, 0.15) is 22.9 Å². The van der Waals surface area contributed by atoms with Crippen molar-refractivity contribution in [2.24, 2.45) is 0 Å². The molecule has 184 valence electrons. The fourth-order valence-corrected chi connectivity index (χ4v) is 4.67. The van der Waals surface area contributed by atoms with Crippen molar-refractivity contribution in [3.63, 3.8) is 0 Å². The summed E-state index contributed by atoms with van der Waals surface area (Å²) in [5.41, 5.74) is 0.709. The van der Waals surface area contributed by atoms with Crippen LogP contribution in [-0.2, 0) is 11.2 Å². The Morgan fingerprint density at radius 2 is 2.14 bits per heavy atom. The number of nitrogens with zero attached hydrogens (tertiary/aromatic N) is 2. The number of nitrogens with one attached hydrogen (secondary N) is 1. The summed E-state index contributed by atoms with van der Waals surface area (Å²) >= 11 is 6.43. The van der Waals surface area contributed by atoms with Crippen LogP contribution in [0.15, 0.2) is 48.7 Å². The third-order valence-corrected chi connectivity index (χ3v) is 6.67. The maximum absolute atomic E-state index is 13.8. The van der Waals surface area contributed by atoms with E-state index in [1.807, 2.05) is 23.1 Å². The minimum Gasteiger partial charge on any atom is -0.497 e. The Hall–Kier alpha value is -3.07. The minimum atomic E-state index is -1.11. The molecule has 6 nitrogen and oxygen atoms in total. The lowest BCUT2D eigenvalue weighted by molar-refractivity contribution is -0.144. The lowest BCUT2D eigenvalue weighted by Gasteiger charge is -2.26. The molecule has 2 heterocycles. The molecule has 0 spiro atoms. The number of aromatic nitrogens is 1. The zero-order valence-electron chi connectivity index (χ0n) is 19.2. The number of carboxylic acid groups (broad SMARTS) is 1. The van der Waals surface area contributed by atoms with Gasteiger partial charge in [0, 0.05) is 43.3 Å². The van der Waals surface area contributed by atoms with Gasteiger partial charge in [-0.05, 0) is 54.8 Å². The Labute approximate surface area is 207 Å². The van der Waals surface area contributed by atoms with Crippen LogP contribution in [0.1, 0.15) is 17.5 Å². The van der Waals surface area contributed by atoms with Gasteiger partial charge in [0.25, 0.3) is 0 Å². The largest absolute Gasteiger partial charge is 0.497 e. The Bertz CT molecular complexity index is 1270. The zero-order valence-corrected chi connectivity index (χ0v) is 20.0. The summed E-state index contributed by atoms with van der Waals surface area (Å²) in [5.74, 6) is -1.25. The summed E-state index contributed by atoms with van der Waals surface area (Å²) in [5, 5.41) is 14.6. The number of methoxy groups -OCH3 is 1. The number of ether oxygens (including phenoxy) is 1. The lowest BCUT2D eigenvalue weighted by Crippen LogP contribution is -2.54. The number of aliphatic carboxylic acids is 1.